The van der Waals surface area contributed by atoms with Crippen molar-refractivity contribution in [2.45, 2.75) is 49.1 Å². The smallest absolute Gasteiger partial charge is 0.387 e. The fourth-order valence-electron chi connectivity index (χ4n) is 6.47. The number of hydrogen-bond acceptors (Lipinski definition) is 20. The van der Waals surface area contributed by atoms with Gasteiger partial charge in [-0.2, -0.15) is 18.2 Å². The van der Waals surface area contributed by atoms with Crippen LogP contribution in [0.3, 0.4) is 0 Å². The van der Waals surface area contributed by atoms with Crippen LogP contribution in [0.2, 0.25) is 0 Å². The van der Waals surface area contributed by atoms with E-state index in [4.69, 9.17) is 25.5 Å². The Balaban J connectivity index is 0.993. The molecule has 7 rings (SSSR count). The highest BCUT2D eigenvalue weighted by Gasteiger charge is 2.51. The van der Waals surface area contributed by atoms with E-state index in [1.807, 2.05) is 0 Å². The Morgan fingerprint density at radius 2 is 1.40 bits per heavy atom. The third kappa shape index (κ3) is 8.77. The van der Waals surface area contributed by atoms with Gasteiger partial charge < -0.3 is 56.0 Å². The molecule has 0 spiro atoms. The minimum absolute atomic E-state index is 0.0154. The molecule has 13 N–H and O–H groups in total. The number of aromatic amines is 2. The first-order chi connectivity index (χ1) is 28.1. The summed E-state index contributed by atoms with van der Waals surface area (Å²) in [4.78, 5) is 72.0. The maximum Gasteiger partial charge on any atom is 0.490 e. The number of imidazole rings is 2. The molecule has 0 amide bonds. The Kier molecular flexibility index (Phi) is 11.9. The fourth-order valence-corrected chi connectivity index (χ4v) is 9.99. The Labute approximate surface area is 333 Å². The standard InChI is InChI=1S/C29H35N10O18P3/c1-37-15(8-7-12-5-3-2-4-6-12)39(23-17(37)25(45)36-29(31)34-23)27-21(43)19(41)14(55-27)10-53-59(48,49)57-60(50,51)56-58(46,47)52-9-13-18(40)20(42)26(54-13)38-11-32-16-22(38)33-28(30)35-24(16)44/h2-8,11,13-14,18-21,26-27,40-43H,9-10H2,1H3,(H8-,30,31,33,34,35,36,44,45,46,47,48,49,50,51)/p+1/b8-7+/t13-,14-,18-,19-,20-,21-,26-,27-/m1/s1. The summed E-state index contributed by atoms with van der Waals surface area (Å²) < 4.78 is 70.5. The summed E-state index contributed by atoms with van der Waals surface area (Å²) in [5.74, 6) is -0.407. The summed E-state index contributed by atoms with van der Waals surface area (Å²) in [7, 11) is -16.0. The average molecular weight is 906 g/mol. The molecule has 2 aliphatic heterocycles. The predicted molar refractivity (Wildman–Crippen MR) is 199 cm³/mol. The topological polar surface area (TPSA) is 418 Å². The number of aliphatic hydroxyl groups excluding tert-OH is 4. The highest BCUT2D eigenvalue weighted by atomic mass is 31.3. The molecule has 6 heterocycles. The number of nitrogens with one attached hydrogen (secondary N) is 2. The van der Waals surface area contributed by atoms with Gasteiger partial charge in [-0.05, 0) is 11.6 Å². The van der Waals surface area contributed by atoms with Crippen molar-refractivity contribution in [1.82, 2.24) is 34.1 Å². The maximum atomic E-state index is 12.9. The van der Waals surface area contributed by atoms with E-state index in [1.165, 1.54) is 16.2 Å². The molecule has 28 nitrogen and oxygen atoms in total. The van der Waals surface area contributed by atoms with Crippen LogP contribution in [0.5, 0.6) is 0 Å². The summed E-state index contributed by atoms with van der Waals surface area (Å²) in [5.41, 5.74) is 10.3. The number of H-pyrrole nitrogens is 2. The second-order valence-corrected chi connectivity index (χ2v) is 17.8. The van der Waals surface area contributed by atoms with Crippen LogP contribution in [0.15, 0.2) is 46.2 Å². The zero-order valence-corrected chi connectivity index (χ0v) is 33.1. The number of aromatic nitrogens is 8. The van der Waals surface area contributed by atoms with E-state index in [2.05, 4.69) is 38.1 Å². The van der Waals surface area contributed by atoms with Gasteiger partial charge in [0, 0.05) is 6.08 Å². The highest BCUT2D eigenvalue weighted by Crippen LogP contribution is 2.67. The van der Waals surface area contributed by atoms with Crippen molar-refractivity contribution in [1.29, 1.82) is 0 Å². The van der Waals surface area contributed by atoms with Gasteiger partial charge in [-0.1, -0.05) is 35.3 Å². The number of nitrogens with zero attached hydrogens (tertiary/aromatic N) is 6. The first-order valence-electron chi connectivity index (χ1n) is 17.1. The van der Waals surface area contributed by atoms with Crippen LogP contribution in [0.1, 0.15) is 23.8 Å². The van der Waals surface area contributed by atoms with Crippen LogP contribution in [-0.4, -0.2) is 119 Å². The molecule has 0 bridgehead atoms. The zero-order chi connectivity index (χ0) is 43.5. The van der Waals surface area contributed by atoms with Gasteiger partial charge in [-0.15, -0.1) is 0 Å². The molecule has 4 aromatic heterocycles. The monoisotopic (exact) mass is 905 g/mol. The lowest BCUT2D eigenvalue weighted by molar-refractivity contribution is -0.747. The number of ether oxygens (including phenoxy) is 2. The third-order valence-corrected chi connectivity index (χ3v) is 13.4. The Morgan fingerprint density at radius 1 is 0.817 bits per heavy atom. The van der Waals surface area contributed by atoms with Gasteiger partial charge in [0.25, 0.3) is 17.1 Å². The number of aliphatic hydroxyl groups is 4. The summed E-state index contributed by atoms with van der Waals surface area (Å²) >= 11 is 0. The number of nitrogens with two attached hydrogens (primary N) is 2. The van der Waals surface area contributed by atoms with Crippen molar-refractivity contribution in [2.75, 3.05) is 24.7 Å². The van der Waals surface area contributed by atoms with Crippen LogP contribution < -0.4 is 27.2 Å². The number of hydrogen-bond donors (Lipinski definition) is 11. The minimum Gasteiger partial charge on any atom is -0.387 e. The van der Waals surface area contributed by atoms with Gasteiger partial charge in [0.15, 0.2) is 17.4 Å². The Bertz CT molecular complexity index is 2730. The van der Waals surface area contributed by atoms with Gasteiger partial charge in [-0.25, -0.2) is 18.7 Å². The number of aryl methyl sites for hydroxylation is 1. The van der Waals surface area contributed by atoms with Gasteiger partial charge in [0.2, 0.25) is 23.5 Å². The lowest BCUT2D eigenvalue weighted by Crippen LogP contribution is -2.48. The molecule has 324 valence electrons. The van der Waals surface area contributed by atoms with E-state index in [0.717, 1.165) is 16.5 Å². The molecule has 0 radical (unpaired) electrons. The van der Waals surface area contributed by atoms with Crippen LogP contribution >= 0.6 is 23.5 Å². The van der Waals surface area contributed by atoms with Gasteiger partial charge in [-0.3, -0.25) is 37.7 Å². The van der Waals surface area contributed by atoms with Crippen molar-refractivity contribution >= 4 is 69.8 Å². The molecule has 60 heavy (non-hydrogen) atoms. The number of phosphoric ester groups is 2. The van der Waals surface area contributed by atoms with E-state index < -0.39 is 96.9 Å². The molecule has 31 heteroatoms. The zero-order valence-electron chi connectivity index (χ0n) is 30.5. The number of anilines is 2. The van der Waals surface area contributed by atoms with Crippen LogP contribution in [-0.2, 0) is 47.9 Å². The van der Waals surface area contributed by atoms with Gasteiger partial charge >= 0.3 is 29.1 Å². The second-order valence-electron chi connectivity index (χ2n) is 13.2. The normalized spacial score (nSPS) is 27.7. The van der Waals surface area contributed by atoms with Crippen molar-refractivity contribution in [3.8, 4) is 0 Å². The first-order valence-corrected chi connectivity index (χ1v) is 21.6. The Hall–Kier alpha value is -4.57. The van der Waals surface area contributed by atoms with E-state index in [1.54, 1.807) is 42.5 Å². The van der Waals surface area contributed by atoms with Crippen molar-refractivity contribution in [2.24, 2.45) is 7.05 Å². The van der Waals surface area contributed by atoms with E-state index in [-0.39, 0.29) is 40.0 Å². The molecular weight excluding hydrogens is 869 g/mol. The van der Waals surface area contributed by atoms with Crippen LogP contribution in [0, 0.1) is 0 Å². The molecule has 2 aliphatic rings. The van der Waals surface area contributed by atoms with Gasteiger partial charge in [0.05, 0.1) is 26.6 Å². The van der Waals surface area contributed by atoms with Crippen molar-refractivity contribution in [3.05, 3.63) is 68.8 Å². The van der Waals surface area contributed by atoms with Crippen LogP contribution in [0.4, 0.5) is 11.9 Å². The first kappa shape index (κ1) is 43.5. The van der Waals surface area contributed by atoms with Crippen molar-refractivity contribution in [3.63, 3.8) is 0 Å². The lowest BCUT2D eigenvalue weighted by atomic mass is 10.1. The van der Waals surface area contributed by atoms with E-state index in [0.29, 0.717) is 0 Å². The molecule has 2 saturated heterocycles. The number of nitrogen functional groups attached to an aromatic ring is 2. The second kappa shape index (κ2) is 16.4. The summed E-state index contributed by atoms with van der Waals surface area (Å²) in [6, 6.07) is 8.93. The highest BCUT2D eigenvalue weighted by molar-refractivity contribution is 7.66. The third-order valence-electron chi connectivity index (χ3n) is 9.14. The van der Waals surface area contributed by atoms with E-state index >= 15 is 0 Å². The summed E-state index contributed by atoms with van der Waals surface area (Å²) in [6.45, 7) is -2.22. The largest absolute Gasteiger partial charge is 0.490 e. The minimum atomic E-state index is -6.05. The Morgan fingerprint density at radius 3 is 2.05 bits per heavy atom. The number of phosphoric acid groups is 3. The van der Waals surface area contributed by atoms with Crippen molar-refractivity contribution < 1.29 is 80.5 Å². The summed E-state index contributed by atoms with van der Waals surface area (Å²) in [5, 5.41) is 43.1. The maximum absolute atomic E-state index is 12.9. The number of fused-ring (bicyclic) bond motifs is 2. The molecule has 11 atom stereocenters. The molecule has 0 aliphatic carbocycles. The SMILES string of the molecule is Cn1c(/C=C/c2ccccc2)[n+]([C@@H]2O[C@H](COP(=O)(O)OP(=O)(O)OP(=O)(O)OC[C@H]3O[C@@H](n4cnc5c(=O)[nH]c(N)nc54)[C@H](O)[C@@H]3O)[C@@H](O)[C@H]2O)c2nc(N)[nH]c(=O)c21. The molecule has 5 aromatic rings. The fraction of sp³-hybridized carbons (Fsp3) is 0.379. The van der Waals surface area contributed by atoms with Gasteiger partial charge in [0.1, 0.15) is 36.6 Å². The molecule has 1 aromatic carbocycles. The molecule has 0 saturated carbocycles. The van der Waals surface area contributed by atoms with Crippen LogP contribution in [0.25, 0.3) is 34.5 Å². The number of rotatable bonds is 14. The molecule has 3 unspecified atom stereocenters. The van der Waals surface area contributed by atoms with E-state index in [9.17, 15) is 58.4 Å². The lowest BCUT2D eigenvalue weighted by Gasteiger charge is -2.21. The predicted octanol–water partition coefficient (Wildman–Crippen LogP) is -2.38. The summed E-state index contributed by atoms with van der Waals surface area (Å²) in [6.07, 6.45) is -9.40. The molecular formula is C29H36N10O18P3+. The quantitative estimate of drug-likeness (QED) is 0.0409. The average Bonchev–Trinajstić information content (AvgIpc) is 3.86. The molecule has 2 fully saturated rings. The number of benzene rings is 1.